The fourth-order valence-electron chi connectivity index (χ4n) is 3.44. The number of pyridine rings is 1. The molecule has 4 rings (SSSR count). The van der Waals surface area contributed by atoms with E-state index in [1.54, 1.807) is 18.1 Å². The number of methoxy groups -OCH3 is 1. The van der Waals surface area contributed by atoms with Gasteiger partial charge in [-0.25, -0.2) is 0 Å². The minimum Gasteiger partial charge on any atom is -0.497 e. The molecular weight excluding hydrogens is 428 g/mol. The Bertz CT molecular complexity index is 1290. The number of carbonyl (C=O) groups excluding carboxylic acids is 1. The van der Waals surface area contributed by atoms with Gasteiger partial charge in [-0.1, -0.05) is 23.7 Å². The van der Waals surface area contributed by atoms with E-state index in [1.807, 2.05) is 63.2 Å². The molecule has 2 aromatic carbocycles. The van der Waals surface area contributed by atoms with Gasteiger partial charge in [0.05, 0.1) is 41.0 Å². The Morgan fingerprint density at radius 1 is 1.16 bits per heavy atom. The molecule has 4 aromatic rings. The van der Waals surface area contributed by atoms with Gasteiger partial charge in [0.15, 0.2) is 0 Å². The zero-order valence-corrected chi connectivity index (χ0v) is 19.1. The molecule has 2 heterocycles. The van der Waals surface area contributed by atoms with Gasteiger partial charge < -0.3 is 14.1 Å². The third-order valence-electron chi connectivity index (χ3n) is 5.20. The van der Waals surface area contributed by atoms with Crippen molar-refractivity contribution in [1.29, 1.82) is 0 Å². The smallest absolute Gasteiger partial charge is 0.256 e. The van der Waals surface area contributed by atoms with Gasteiger partial charge in [0, 0.05) is 11.4 Å². The molecule has 164 valence electrons. The standard InChI is InChI=1S/C24H23ClN4O3/c1-14(2)29(13-22-27-28-23(32-22)18-7-5-6-8-20(18)25)24(30)19-12-16-11-17(31-4)9-10-21(16)26-15(19)3/h5-12,14H,13H2,1-4H3. The molecule has 0 N–H and O–H groups in total. The van der Waals surface area contributed by atoms with Crippen molar-refractivity contribution in [2.45, 2.75) is 33.4 Å². The molecule has 0 aliphatic heterocycles. The number of aryl methyl sites for hydroxylation is 1. The number of aromatic nitrogens is 3. The van der Waals surface area contributed by atoms with Crippen molar-refractivity contribution in [1.82, 2.24) is 20.1 Å². The second-order valence-corrected chi connectivity index (χ2v) is 8.09. The van der Waals surface area contributed by atoms with E-state index >= 15 is 0 Å². The number of nitrogens with zero attached hydrogens (tertiary/aromatic N) is 4. The van der Waals surface area contributed by atoms with Crippen molar-refractivity contribution >= 4 is 28.4 Å². The summed E-state index contributed by atoms with van der Waals surface area (Å²) in [6.45, 7) is 5.88. The zero-order chi connectivity index (χ0) is 22.8. The van der Waals surface area contributed by atoms with Gasteiger partial charge in [0.1, 0.15) is 5.75 Å². The van der Waals surface area contributed by atoms with Gasteiger partial charge >= 0.3 is 0 Å². The molecule has 0 unspecified atom stereocenters. The Labute approximate surface area is 191 Å². The van der Waals surface area contributed by atoms with Crippen molar-refractivity contribution < 1.29 is 13.9 Å². The van der Waals surface area contributed by atoms with Crippen molar-refractivity contribution in [3.63, 3.8) is 0 Å². The number of rotatable bonds is 6. The molecule has 0 bridgehead atoms. The largest absolute Gasteiger partial charge is 0.497 e. The highest BCUT2D eigenvalue weighted by molar-refractivity contribution is 6.33. The molecule has 0 radical (unpaired) electrons. The predicted octanol–water partition coefficient (Wildman–Crippen LogP) is 5.31. The topological polar surface area (TPSA) is 81.4 Å². The van der Waals surface area contributed by atoms with E-state index in [-0.39, 0.29) is 18.5 Å². The van der Waals surface area contributed by atoms with E-state index in [0.717, 1.165) is 10.9 Å². The predicted molar refractivity (Wildman–Crippen MR) is 123 cm³/mol. The Hall–Kier alpha value is -3.45. The molecule has 8 heteroatoms. The van der Waals surface area contributed by atoms with Crippen LogP contribution in [-0.2, 0) is 6.54 Å². The molecule has 0 atom stereocenters. The Balaban J connectivity index is 1.64. The molecule has 7 nitrogen and oxygen atoms in total. The van der Waals surface area contributed by atoms with Crippen molar-refractivity contribution in [2.24, 2.45) is 0 Å². The lowest BCUT2D eigenvalue weighted by Gasteiger charge is -2.26. The van der Waals surface area contributed by atoms with Gasteiger partial charge in [-0.05, 0) is 57.2 Å². The number of amides is 1. The van der Waals surface area contributed by atoms with Gasteiger partial charge in [-0.3, -0.25) is 9.78 Å². The summed E-state index contributed by atoms with van der Waals surface area (Å²) in [5, 5.41) is 9.58. The number of hydrogen-bond donors (Lipinski definition) is 0. The lowest BCUT2D eigenvalue weighted by Crippen LogP contribution is -2.37. The van der Waals surface area contributed by atoms with Crippen LogP contribution in [0.25, 0.3) is 22.4 Å². The number of hydrogen-bond acceptors (Lipinski definition) is 6. The molecule has 0 spiro atoms. The quantitative estimate of drug-likeness (QED) is 0.396. The van der Waals surface area contributed by atoms with Crippen LogP contribution in [0.4, 0.5) is 0 Å². The van der Waals surface area contributed by atoms with E-state index in [2.05, 4.69) is 15.2 Å². The first-order chi connectivity index (χ1) is 15.4. The number of ether oxygens (including phenoxy) is 1. The summed E-state index contributed by atoms with van der Waals surface area (Å²) in [6.07, 6.45) is 0. The van der Waals surface area contributed by atoms with Crippen LogP contribution in [0.15, 0.2) is 52.9 Å². The highest BCUT2D eigenvalue weighted by Gasteiger charge is 2.24. The molecule has 0 saturated carbocycles. The molecule has 32 heavy (non-hydrogen) atoms. The average molecular weight is 451 g/mol. The average Bonchev–Trinajstić information content (AvgIpc) is 3.25. The van der Waals surface area contributed by atoms with Crippen LogP contribution in [-0.4, -0.2) is 39.1 Å². The molecule has 0 fully saturated rings. The summed E-state index contributed by atoms with van der Waals surface area (Å²) >= 11 is 6.23. The highest BCUT2D eigenvalue weighted by Crippen LogP contribution is 2.27. The van der Waals surface area contributed by atoms with Crippen LogP contribution in [0.2, 0.25) is 5.02 Å². The summed E-state index contributed by atoms with van der Waals surface area (Å²) in [5.74, 6) is 1.19. The first kappa shape index (κ1) is 21.8. The Kier molecular flexibility index (Phi) is 6.10. The number of benzene rings is 2. The SMILES string of the molecule is COc1ccc2nc(C)c(C(=O)N(Cc3nnc(-c4ccccc4Cl)o3)C(C)C)cc2c1. The zero-order valence-electron chi connectivity index (χ0n) is 18.3. The Morgan fingerprint density at radius 3 is 2.66 bits per heavy atom. The highest BCUT2D eigenvalue weighted by atomic mass is 35.5. The summed E-state index contributed by atoms with van der Waals surface area (Å²) in [7, 11) is 1.61. The first-order valence-electron chi connectivity index (χ1n) is 10.2. The number of halogens is 1. The van der Waals surface area contributed by atoms with E-state index in [1.165, 1.54) is 0 Å². The van der Waals surface area contributed by atoms with Crippen LogP contribution in [0.5, 0.6) is 5.75 Å². The second kappa shape index (κ2) is 8.96. The second-order valence-electron chi connectivity index (χ2n) is 7.69. The molecule has 2 aromatic heterocycles. The summed E-state index contributed by atoms with van der Waals surface area (Å²) in [5.41, 5.74) is 2.63. The third kappa shape index (κ3) is 4.29. The summed E-state index contributed by atoms with van der Waals surface area (Å²) in [4.78, 5) is 19.8. The van der Waals surface area contributed by atoms with Gasteiger partial charge in [0.25, 0.3) is 5.91 Å². The van der Waals surface area contributed by atoms with E-state index in [0.29, 0.717) is 39.4 Å². The van der Waals surface area contributed by atoms with Crippen molar-refractivity contribution in [2.75, 3.05) is 7.11 Å². The fraction of sp³-hybridized carbons (Fsp3) is 0.250. The summed E-state index contributed by atoms with van der Waals surface area (Å²) in [6, 6.07) is 14.6. The van der Waals surface area contributed by atoms with Gasteiger partial charge in [-0.2, -0.15) is 0 Å². The van der Waals surface area contributed by atoms with E-state index in [9.17, 15) is 4.79 Å². The van der Waals surface area contributed by atoms with Crippen molar-refractivity contribution in [3.05, 3.63) is 70.7 Å². The lowest BCUT2D eigenvalue weighted by molar-refractivity contribution is 0.0671. The first-order valence-corrected chi connectivity index (χ1v) is 10.6. The van der Waals surface area contributed by atoms with Gasteiger partial charge in [-0.15, -0.1) is 10.2 Å². The van der Waals surface area contributed by atoms with Crippen molar-refractivity contribution in [3.8, 4) is 17.2 Å². The molecule has 0 aliphatic rings. The van der Waals surface area contributed by atoms with Crippen LogP contribution in [0.3, 0.4) is 0 Å². The number of carbonyl (C=O) groups is 1. The maximum atomic E-state index is 13.5. The monoisotopic (exact) mass is 450 g/mol. The van der Waals surface area contributed by atoms with Crippen LogP contribution >= 0.6 is 11.6 Å². The van der Waals surface area contributed by atoms with Crippen LogP contribution < -0.4 is 4.74 Å². The lowest BCUT2D eigenvalue weighted by atomic mass is 10.1. The molecular formula is C24H23ClN4O3. The molecule has 0 saturated heterocycles. The van der Waals surface area contributed by atoms with Gasteiger partial charge in [0.2, 0.25) is 11.8 Å². The minimum absolute atomic E-state index is 0.0985. The molecule has 0 aliphatic carbocycles. The Morgan fingerprint density at radius 2 is 1.94 bits per heavy atom. The number of fused-ring (bicyclic) bond motifs is 1. The van der Waals surface area contributed by atoms with E-state index < -0.39 is 0 Å². The summed E-state index contributed by atoms with van der Waals surface area (Å²) < 4.78 is 11.1. The normalized spacial score (nSPS) is 11.2. The van der Waals surface area contributed by atoms with E-state index in [4.69, 9.17) is 20.8 Å². The van der Waals surface area contributed by atoms with Crippen LogP contribution in [0, 0.1) is 6.92 Å². The fourth-order valence-corrected chi connectivity index (χ4v) is 3.66. The minimum atomic E-state index is -0.160. The molecule has 1 amide bonds. The third-order valence-corrected chi connectivity index (χ3v) is 5.53. The van der Waals surface area contributed by atoms with Crippen LogP contribution in [0.1, 0.15) is 35.8 Å². The maximum absolute atomic E-state index is 13.5. The maximum Gasteiger partial charge on any atom is 0.256 e.